The molecule has 1 fully saturated rings. The molecule has 4 nitrogen and oxygen atoms in total. The molecule has 2 aliphatic rings. The number of piperazine rings is 1. The fourth-order valence-electron chi connectivity index (χ4n) is 3.03. The van der Waals surface area contributed by atoms with Crippen molar-refractivity contribution in [3.8, 4) is 0 Å². The molecule has 1 saturated heterocycles. The van der Waals surface area contributed by atoms with Crippen molar-refractivity contribution >= 4 is 17.3 Å². The molecule has 0 aliphatic carbocycles. The second kappa shape index (κ2) is 4.28. The van der Waals surface area contributed by atoms with Gasteiger partial charge in [0.25, 0.3) is 5.91 Å². The van der Waals surface area contributed by atoms with Gasteiger partial charge in [0.15, 0.2) is 0 Å². The third kappa shape index (κ3) is 1.52. The lowest BCUT2D eigenvalue weighted by Crippen LogP contribution is -2.61. The lowest BCUT2D eigenvalue weighted by atomic mass is 10.00. The number of nitrogens with zero attached hydrogens (tertiary/aromatic N) is 2. The highest BCUT2D eigenvalue weighted by molar-refractivity contribution is 6.06. The van der Waals surface area contributed by atoms with Gasteiger partial charge in [-0.25, -0.2) is 0 Å². The molecule has 0 aromatic heterocycles. The van der Waals surface area contributed by atoms with E-state index in [-0.39, 0.29) is 11.9 Å². The molecular weight excluding hydrogens is 226 g/mol. The van der Waals surface area contributed by atoms with Gasteiger partial charge in [-0.15, -0.1) is 0 Å². The SMILES string of the molecule is CCc1cccc2c1N(C)C(=O)C1CNCCN21. The number of hydrogen-bond acceptors (Lipinski definition) is 3. The van der Waals surface area contributed by atoms with Crippen LogP contribution in [0.15, 0.2) is 18.2 Å². The van der Waals surface area contributed by atoms with Crippen molar-refractivity contribution in [3.63, 3.8) is 0 Å². The molecule has 1 aromatic carbocycles. The molecule has 1 amide bonds. The van der Waals surface area contributed by atoms with E-state index in [0.717, 1.165) is 31.7 Å². The molecule has 18 heavy (non-hydrogen) atoms. The van der Waals surface area contributed by atoms with Crippen LogP contribution in [0.25, 0.3) is 0 Å². The van der Waals surface area contributed by atoms with Crippen molar-refractivity contribution in [2.24, 2.45) is 0 Å². The van der Waals surface area contributed by atoms with Crippen LogP contribution in [0.1, 0.15) is 12.5 Å². The summed E-state index contributed by atoms with van der Waals surface area (Å²) >= 11 is 0. The monoisotopic (exact) mass is 245 g/mol. The van der Waals surface area contributed by atoms with Gasteiger partial charge >= 0.3 is 0 Å². The standard InChI is InChI=1S/C14H19N3O/c1-3-10-5-4-6-11-13(10)16(2)14(18)12-9-15-7-8-17(11)12/h4-6,12,15H,3,7-9H2,1-2H3. The number of amides is 1. The van der Waals surface area contributed by atoms with Gasteiger partial charge in [-0.1, -0.05) is 19.1 Å². The minimum absolute atomic E-state index is 0.0386. The number of anilines is 2. The van der Waals surface area contributed by atoms with Gasteiger partial charge in [-0.05, 0) is 18.1 Å². The number of fused-ring (bicyclic) bond motifs is 3. The number of likely N-dealkylation sites (N-methyl/N-ethyl adjacent to an activating group) is 1. The van der Waals surface area contributed by atoms with E-state index in [4.69, 9.17) is 0 Å². The Kier molecular flexibility index (Phi) is 2.74. The Morgan fingerprint density at radius 3 is 3.06 bits per heavy atom. The van der Waals surface area contributed by atoms with Crippen LogP contribution in [0.2, 0.25) is 0 Å². The second-order valence-corrected chi connectivity index (χ2v) is 4.95. The molecule has 0 saturated carbocycles. The van der Waals surface area contributed by atoms with E-state index in [0.29, 0.717) is 0 Å². The predicted octanol–water partition coefficient (Wildman–Crippen LogP) is 1.00. The summed E-state index contributed by atoms with van der Waals surface area (Å²) in [7, 11) is 1.90. The van der Waals surface area contributed by atoms with Gasteiger partial charge in [0.2, 0.25) is 0 Å². The maximum atomic E-state index is 12.4. The van der Waals surface area contributed by atoms with Gasteiger partial charge in [0.05, 0.1) is 11.4 Å². The number of nitrogens with one attached hydrogen (secondary N) is 1. The lowest BCUT2D eigenvalue weighted by molar-refractivity contribution is -0.120. The first-order valence-corrected chi connectivity index (χ1v) is 6.61. The van der Waals surface area contributed by atoms with Crippen LogP contribution in [0, 0.1) is 0 Å². The zero-order valence-corrected chi connectivity index (χ0v) is 10.9. The highest BCUT2D eigenvalue weighted by Gasteiger charge is 2.38. The third-order valence-corrected chi connectivity index (χ3v) is 3.98. The smallest absolute Gasteiger partial charge is 0.250 e. The van der Waals surface area contributed by atoms with Crippen molar-refractivity contribution in [2.75, 3.05) is 36.5 Å². The van der Waals surface area contributed by atoms with E-state index in [2.05, 4.69) is 35.3 Å². The molecule has 1 atom stereocenters. The molecule has 3 rings (SSSR count). The summed E-state index contributed by atoms with van der Waals surface area (Å²) in [5.74, 6) is 0.204. The fraction of sp³-hybridized carbons (Fsp3) is 0.500. The minimum Gasteiger partial charge on any atom is -0.355 e. The van der Waals surface area contributed by atoms with Gasteiger partial charge in [0.1, 0.15) is 6.04 Å². The molecule has 4 heteroatoms. The van der Waals surface area contributed by atoms with Crippen LogP contribution in [0.5, 0.6) is 0 Å². The van der Waals surface area contributed by atoms with Crippen molar-refractivity contribution in [2.45, 2.75) is 19.4 Å². The molecule has 96 valence electrons. The van der Waals surface area contributed by atoms with Crippen LogP contribution in [-0.2, 0) is 11.2 Å². The predicted molar refractivity (Wildman–Crippen MR) is 73.2 cm³/mol. The summed E-state index contributed by atoms with van der Waals surface area (Å²) in [6, 6.07) is 6.31. The Bertz CT molecular complexity index is 486. The number of benzene rings is 1. The van der Waals surface area contributed by atoms with E-state index in [9.17, 15) is 4.79 Å². The summed E-state index contributed by atoms with van der Waals surface area (Å²) in [4.78, 5) is 16.5. The van der Waals surface area contributed by atoms with Crippen LogP contribution >= 0.6 is 0 Å². The normalized spacial score (nSPS) is 22.8. The highest BCUT2D eigenvalue weighted by atomic mass is 16.2. The van der Waals surface area contributed by atoms with Crippen LogP contribution in [0.4, 0.5) is 11.4 Å². The number of para-hydroxylation sites is 1. The van der Waals surface area contributed by atoms with Crippen molar-refractivity contribution in [3.05, 3.63) is 23.8 Å². The molecule has 2 aliphatic heterocycles. The lowest BCUT2D eigenvalue weighted by Gasteiger charge is -2.45. The first-order valence-electron chi connectivity index (χ1n) is 6.61. The molecule has 1 unspecified atom stereocenters. The summed E-state index contributed by atoms with van der Waals surface area (Å²) in [5, 5.41) is 3.31. The number of aryl methyl sites for hydroxylation is 1. The Morgan fingerprint density at radius 1 is 1.44 bits per heavy atom. The molecule has 0 radical (unpaired) electrons. The largest absolute Gasteiger partial charge is 0.355 e. The van der Waals surface area contributed by atoms with Crippen molar-refractivity contribution < 1.29 is 4.79 Å². The second-order valence-electron chi connectivity index (χ2n) is 4.95. The summed E-state index contributed by atoms with van der Waals surface area (Å²) in [6.07, 6.45) is 0.956. The number of rotatable bonds is 1. The summed E-state index contributed by atoms with van der Waals surface area (Å²) in [6.45, 7) is 4.74. The molecule has 0 bridgehead atoms. The number of carbonyl (C=O) groups excluding carboxylic acids is 1. The first kappa shape index (κ1) is 11.5. The van der Waals surface area contributed by atoms with Gasteiger partial charge < -0.3 is 15.1 Å². The Balaban J connectivity index is 2.15. The Labute approximate surface area is 108 Å². The van der Waals surface area contributed by atoms with Gasteiger partial charge in [-0.3, -0.25) is 4.79 Å². The first-order chi connectivity index (χ1) is 8.74. The van der Waals surface area contributed by atoms with Crippen LogP contribution in [-0.4, -0.2) is 38.6 Å². The summed E-state index contributed by atoms with van der Waals surface area (Å²) in [5.41, 5.74) is 3.56. The van der Waals surface area contributed by atoms with Crippen molar-refractivity contribution in [1.29, 1.82) is 0 Å². The molecule has 1 N–H and O–H groups in total. The molecule has 2 heterocycles. The van der Waals surface area contributed by atoms with Gasteiger partial charge in [0, 0.05) is 26.7 Å². The molecule has 0 spiro atoms. The topological polar surface area (TPSA) is 35.6 Å². The zero-order valence-electron chi connectivity index (χ0n) is 10.9. The Morgan fingerprint density at radius 2 is 2.28 bits per heavy atom. The van der Waals surface area contributed by atoms with Crippen LogP contribution in [0.3, 0.4) is 0 Å². The van der Waals surface area contributed by atoms with Gasteiger partial charge in [-0.2, -0.15) is 0 Å². The summed E-state index contributed by atoms with van der Waals surface area (Å²) < 4.78 is 0. The minimum atomic E-state index is -0.0386. The molecular formula is C14H19N3O. The van der Waals surface area contributed by atoms with Crippen LogP contribution < -0.4 is 15.1 Å². The fourth-order valence-corrected chi connectivity index (χ4v) is 3.03. The van der Waals surface area contributed by atoms with E-state index in [1.54, 1.807) is 0 Å². The average Bonchev–Trinajstić information content (AvgIpc) is 2.44. The zero-order chi connectivity index (χ0) is 12.7. The third-order valence-electron chi connectivity index (χ3n) is 3.98. The molecule has 1 aromatic rings. The van der Waals surface area contributed by atoms with E-state index in [1.807, 2.05) is 11.9 Å². The number of carbonyl (C=O) groups is 1. The Hall–Kier alpha value is -1.55. The quantitative estimate of drug-likeness (QED) is 0.802. The van der Waals surface area contributed by atoms with E-state index in [1.165, 1.54) is 11.3 Å². The van der Waals surface area contributed by atoms with E-state index < -0.39 is 0 Å². The maximum Gasteiger partial charge on any atom is 0.250 e. The average molecular weight is 245 g/mol. The number of hydrogen-bond donors (Lipinski definition) is 1. The highest BCUT2D eigenvalue weighted by Crippen LogP contribution is 2.38. The van der Waals surface area contributed by atoms with Crippen molar-refractivity contribution in [1.82, 2.24) is 5.32 Å². The maximum absolute atomic E-state index is 12.4. The van der Waals surface area contributed by atoms with E-state index >= 15 is 0 Å².